The van der Waals surface area contributed by atoms with Crippen molar-refractivity contribution in [3.63, 3.8) is 0 Å². The molecule has 0 spiro atoms. The third-order valence-corrected chi connectivity index (χ3v) is 4.12. The molecule has 1 aliphatic heterocycles. The maximum absolute atomic E-state index is 3.54. The smallest absolute Gasteiger partial charge is 0.0198 e. The summed E-state index contributed by atoms with van der Waals surface area (Å²) in [7, 11) is 2.23. The van der Waals surface area contributed by atoms with Crippen molar-refractivity contribution in [2.24, 2.45) is 5.92 Å². The van der Waals surface area contributed by atoms with Gasteiger partial charge in [0, 0.05) is 31.7 Å². The van der Waals surface area contributed by atoms with Gasteiger partial charge in [-0.05, 0) is 46.3 Å². The van der Waals surface area contributed by atoms with Crippen molar-refractivity contribution in [1.82, 2.24) is 15.1 Å². The van der Waals surface area contributed by atoms with E-state index in [0.717, 1.165) is 19.0 Å². The Bertz CT molecular complexity index is 208. The van der Waals surface area contributed by atoms with Gasteiger partial charge < -0.3 is 10.2 Å². The van der Waals surface area contributed by atoms with Gasteiger partial charge in [-0.15, -0.1) is 0 Å². The second kappa shape index (κ2) is 7.34. The van der Waals surface area contributed by atoms with Crippen molar-refractivity contribution in [2.45, 2.75) is 46.2 Å². The average Bonchev–Trinajstić information content (AvgIpc) is 2.28. The van der Waals surface area contributed by atoms with Gasteiger partial charge in [0.05, 0.1) is 0 Å². The van der Waals surface area contributed by atoms with E-state index in [1.54, 1.807) is 0 Å². The van der Waals surface area contributed by atoms with Crippen LogP contribution in [0.2, 0.25) is 0 Å². The Morgan fingerprint density at radius 1 is 1.29 bits per heavy atom. The van der Waals surface area contributed by atoms with Crippen LogP contribution in [0.15, 0.2) is 0 Å². The highest BCUT2D eigenvalue weighted by atomic mass is 15.3. The summed E-state index contributed by atoms with van der Waals surface area (Å²) in [5.41, 5.74) is 0. The van der Waals surface area contributed by atoms with E-state index >= 15 is 0 Å². The quantitative estimate of drug-likeness (QED) is 0.713. The van der Waals surface area contributed by atoms with E-state index in [1.165, 1.54) is 26.1 Å². The van der Waals surface area contributed by atoms with Crippen molar-refractivity contribution in [1.29, 1.82) is 0 Å². The van der Waals surface area contributed by atoms with Gasteiger partial charge in [0.2, 0.25) is 0 Å². The highest BCUT2D eigenvalue weighted by Gasteiger charge is 2.28. The number of piperazine rings is 1. The zero-order valence-corrected chi connectivity index (χ0v) is 12.4. The second-order valence-electron chi connectivity index (χ2n) is 5.77. The first kappa shape index (κ1) is 14.9. The Balaban J connectivity index is 2.37. The van der Waals surface area contributed by atoms with Crippen molar-refractivity contribution >= 4 is 0 Å². The van der Waals surface area contributed by atoms with Gasteiger partial charge in [-0.2, -0.15) is 0 Å². The van der Waals surface area contributed by atoms with Crippen LogP contribution in [0.4, 0.5) is 0 Å². The monoisotopic (exact) mass is 241 g/mol. The highest BCUT2D eigenvalue weighted by molar-refractivity contribution is 4.84. The largest absolute Gasteiger partial charge is 0.316 e. The lowest BCUT2D eigenvalue weighted by Gasteiger charge is -2.43. The van der Waals surface area contributed by atoms with E-state index in [-0.39, 0.29) is 0 Å². The zero-order chi connectivity index (χ0) is 12.8. The molecule has 0 aliphatic carbocycles. The molecule has 3 atom stereocenters. The van der Waals surface area contributed by atoms with Crippen LogP contribution in [0.5, 0.6) is 0 Å². The Kier molecular flexibility index (Phi) is 6.45. The molecule has 102 valence electrons. The number of hydrogen-bond acceptors (Lipinski definition) is 3. The molecule has 0 aromatic carbocycles. The van der Waals surface area contributed by atoms with Crippen LogP contribution >= 0.6 is 0 Å². The molecule has 0 saturated carbocycles. The molecule has 3 unspecified atom stereocenters. The summed E-state index contributed by atoms with van der Waals surface area (Å²) in [5, 5.41) is 3.54. The molecule has 1 fully saturated rings. The molecule has 0 aromatic rings. The van der Waals surface area contributed by atoms with Gasteiger partial charge in [-0.25, -0.2) is 0 Å². The first-order chi connectivity index (χ1) is 8.06. The number of nitrogens with one attached hydrogen (secondary N) is 1. The van der Waals surface area contributed by atoms with Crippen LogP contribution in [0.3, 0.4) is 0 Å². The molecule has 3 nitrogen and oxygen atoms in total. The fraction of sp³-hybridized carbons (Fsp3) is 1.00. The van der Waals surface area contributed by atoms with Gasteiger partial charge in [0.25, 0.3) is 0 Å². The third-order valence-electron chi connectivity index (χ3n) is 4.12. The van der Waals surface area contributed by atoms with E-state index in [1.807, 2.05) is 0 Å². The molecular formula is C14H31N3. The molecule has 17 heavy (non-hydrogen) atoms. The summed E-state index contributed by atoms with van der Waals surface area (Å²) >= 11 is 0. The van der Waals surface area contributed by atoms with E-state index in [0.29, 0.717) is 12.1 Å². The second-order valence-corrected chi connectivity index (χ2v) is 5.77. The molecule has 3 heteroatoms. The number of likely N-dealkylation sites (N-methyl/N-ethyl adjacent to an activating group) is 1. The van der Waals surface area contributed by atoms with Crippen molar-refractivity contribution < 1.29 is 0 Å². The first-order valence-electron chi connectivity index (χ1n) is 7.21. The van der Waals surface area contributed by atoms with Crippen LogP contribution in [0.25, 0.3) is 0 Å². The molecule has 1 heterocycles. The molecule has 1 aliphatic rings. The normalized spacial score (nSPS) is 27.0. The Hall–Kier alpha value is -0.120. The summed E-state index contributed by atoms with van der Waals surface area (Å²) in [6.07, 6.45) is 1.23. The standard InChI is InChI=1S/C14H31N3/c1-6-7-15-10-12(2)14(4)17-9-8-16(5)11-13(17)3/h12-15H,6-11H2,1-5H3. The summed E-state index contributed by atoms with van der Waals surface area (Å²) in [5.74, 6) is 0.729. The lowest BCUT2D eigenvalue weighted by atomic mass is 9.99. The molecular weight excluding hydrogens is 210 g/mol. The minimum atomic E-state index is 0.683. The van der Waals surface area contributed by atoms with E-state index in [9.17, 15) is 0 Å². The number of hydrogen-bond donors (Lipinski definition) is 1. The summed E-state index contributed by atoms with van der Waals surface area (Å²) < 4.78 is 0. The maximum Gasteiger partial charge on any atom is 0.0198 e. The molecule has 0 aromatic heterocycles. The van der Waals surface area contributed by atoms with E-state index < -0.39 is 0 Å². The van der Waals surface area contributed by atoms with Crippen molar-refractivity contribution in [3.8, 4) is 0 Å². The molecule has 1 rings (SSSR count). The van der Waals surface area contributed by atoms with Gasteiger partial charge in [-0.3, -0.25) is 4.90 Å². The predicted molar refractivity (Wildman–Crippen MR) is 75.5 cm³/mol. The Morgan fingerprint density at radius 2 is 2.00 bits per heavy atom. The van der Waals surface area contributed by atoms with Crippen LogP contribution in [0.1, 0.15) is 34.1 Å². The first-order valence-corrected chi connectivity index (χ1v) is 7.21. The van der Waals surface area contributed by atoms with Gasteiger partial charge >= 0.3 is 0 Å². The fourth-order valence-electron chi connectivity index (χ4n) is 2.76. The lowest BCUT2D eigenvalue weighted by Crippen LogP contribution is -2.55. The minimum absolute atomic E-state index is 0.683. The highest BCUT2D eigenvalue weighted by Crippen LogP contribution is 2.17. The van der Waals surface area contributed by atoms with Crippen LogP contribution in [-0.2, 0) is 0 Å². The molecule has 0 bridgehead atoms. The number of nitrogens with zero attached hydrogens (tertiary/aromatic N) is 2. The maximum atomic E-state index is 3.54. The van der Waals surface area contributed by atoms with E-state index in [4.69, 9.17) is 0 Å². The topological polar surface area (TPSA) is 18.5 Å². The van der Waals surface area contributed by atoms with Crippen LogP contribution in [0, 0.1) is 5.92 Å². The van der Waals surface area contributed by atoms with E-state index in [2.05, 4.69) is 49.9 Å². The summed E-state index contributed by atoms with van der Waals surface area (Å²) in [4.78, 5) is 5.12. The fourth-order valence-corrected chi connectivity index (χ4v) is 2.76. The van der Waals surface area contributed by atoms with Crippen molar-refractivity contribution in [3.05, 3.63) is 0 Å². The SMILES string of the molecule is CCCNCC(C)C(C)N1CCN(C)CC1C. The molecule has 1 N–H and O–H groups in total. The van der Waals surface area contributed by atoms with Crippen LogP contribution < -0.4 is 5.32 Å². The zero-order valence-electron chi connectivity index (χ0n) is 12.4. The Morgan fingerprint density at radius 3 is 2.59 bits per heavy atom. The molecule has 1 saturated heterocycles. The minimum Gasteiger partial charge on any atom is -0.316 e. The van der Waals surface area contributed by atoms with Crippen LogP contribution in [-0.4, -0.2) is 61.7 Å². The van der Waals surface area contributed by atoms with Gasteiger partial charge in [0.1, 0.15) is 0 Å². The molecule has 0 amide bonds. The van der Waals surface area contributed by atoms with Crippen molar-refractivity contribution in [2.75, 3.05) is 39.8 Å². The van der Waals surface area contributed by atoms with Gasteiger partial charge in [-0.1, -0.05) is 13.8 Å². The molecule has 0 radical (unpaired) electrons. The third kappa shape index (κ3) is 4.57. The number of rotatable bonds is 6. The average molecular weight is 241 g/mol. The van der Waals surface area contributed by atoms with Gasteiger partial charge in [0.15, 0.2) is 0 Å². The predicted octanol–water partition coefficient (Wildman–Crippen LogP) is 1.65. The summed E-state index contributed by atoms with van der Waals surface area (Å²) in [6.45, 7) is 15.3. The summed E-state index contributed by atoms with van der Waals surface area (Å²) in [6, 6.07) is 1.38. The lowest BCUT2D eigenvalue weighted by molar-refractivity contribution is 0.0470. The Labute approximate surface area is 108 Å².